The summed E-state index contributed by atoms with van der Waals surface area (Å²) in [7, 11) is -3.75. The second-order valence-electron chi connectivity index (χ2n) is 4.67. The number of nitrogen functional groups attached to an aromatic ring is 1. The average molecular weight is 294 g/mol. The topological polar surface area (TPSA) is 101 Å². The minimum Gasteiger partial charge on any atom is -0.397 e. The number of hydrogen-bond acceptors (Lipinski definition) is 4. The number of aryl methyl sites for hydroxylation is 3. The van der Waals surface area contributed by atoms with Gasteiger partial charge >= 0.3 is 0 Å². The molecular weight excluding hydrogens is 276 g/mol. The Bertz CT molecular complexity index is 735. The summed E-state index contributed by atoms with van der Waals surface area (Å²) < 4.78 is 27.6. The van der Waals surface area contributed by atoms with Crippen molar-refractivity contribution in [2.75, 3.05) is 10.5 Å². The molecule has 0 spiro atoms. The van der Waals surface area contributed by atoms with Gasteiger partial charge in [0, 0.05) is 5.56 Å². The number of nitrogens with one attached hydrogen (secondary N) is 2. The Morgan fingerprint density at radius 1 is 1.30 bits per heavy atom. The van der Waals surface area contributed by atoms with Gasteiger partial charge in [-0.05, 0) is 31.4 Å². The van der Waals surface area contributed by atoms with E-state index >= 15 is 0 Å². The molecule has 0 aliphatic rings. The van der Waals surface area contributed by atoms with E-state index in [4.69, 9.17) is 5.73 Å². The van der Waals surface area contributed by atoms with Crippen LogP contribution in [0.2, 0.25) is 0 Å². The first-order valence-corrected chi connectivity index (χ1v) is 7.76. The number of benzene rings is 1. The minimum absolute atomic E-state index is 0.120. The van der Waals surface area contributed by atoms with Crippen molar-refractivity contribution >= 4 is 21.5 Å². The van der Waals surface area contributed by atoms with Crippen LogP contribution in [0.5, 0.6) is 0 Å². The monoisotopic (exact) mass is 294 g/mol. The SMILES string of the molecule is CCc1cn[nH]c1NS(=O)(=O)c1c(C)ccc(C)c1N. The molecule has 0 saturated carbocycles. The lowest BCUT2D eigenvalue weighted by molar-refractivity contribution is 0.600. The van der Waals surface area contributed by atoms with Crippen molar-refractivity contribution in [1.29, 1.82) is 0 Å². The fourth-order valence-corrected chi connectivity index (χ4v) is 3.51. The van der Waals surface area contributed by atoms with Crippen LogP contribution >= 0.6 is 0 Å². The molecule has 0 saturated heterocycles. The van der Waals surface area contributed by atoms with Gasteiger partial charge in [-0.2, -0.15) is 5.10 Å². The molecule has 0 unspecified atom stereocenters. The molecule has 0 aliphatic carbocycles. The van der Waals surface area contributed by atoms with E-state index in [9.17, 15) is 8.42 Å². The van der Waals surface area contributed by atoms with Crippen LogP contribution in [0.15, 0.2) is 23.2 Å². The highest BCUT2D eigenvalue weighted by molar-refractivity contribution is 7.93. The van der Waals surface area contributed by atoms with Crippen LogP contribution in [0.1, 0.15) is 23.6 Å². The zero-order chi connectivity index (χ0) is 14.9. The van der Waals surface area contributed by atoms with Crippen LogP contribution in [0.4, 0.5) is 11.5 Å². The van der Waals surface area contributed by atoms with Crippen LogP contribution < -0.4 is 10.5 Å². The Labute approximate surface area is 118 Å². The second kappa shape index (κ2) is 5.16. The van der Waals surface area contributed by atoms with E-state index in [2.05, 4.69) is 14.9 Å². The standard InChI is InChI=1S/C13H18N4O2S/c1-4-10-7-15-16-13(10)17-20(18,19)12-9(3)6-5-8(2)11(12)14/h5-7H,4,14H2,1-3H3,(H2,15,16,17). The zero-order valence-electron chi connectivity index (χ0n) is 11.7. The summed E-state index contributed by atoms with van der Waals surface area (Å²) >= 11 is 0. The largest absolute Gasteiger partial charge is 0.397 e. The summed E-state index contributed by atoms with van der Waals surface area (Å²) in [5.74, 6) is 0.382. The third kappa shape index (κ3) is 2.49. The van der Waals surface area contributed by atoms with Gasteiger partial charge in [0.15, 0.2) is 0 Å². The number of nitrogens with two attached hydrogens (primary N) is 1. The maximum absolute atomic E-state index is 12.5. The lowest BCUT2D eigenvalue weighted by Crippen LogP contribution is -2.17. The van der Waals surface area contributed by atoms with Gasteiger partial charge in [0.2, 0.25) is 0 Å². The number of rotatable bonds is 4. The molecule has 108 valence electrons. The molecule has 6 nitrogen and oxygen atoms in total. The molecule has 7 heteroatoms. The minimum atomic E-state index is -3.75. The number of H-pyrrole nitrogens is 1. The van der Waals surface area contributed by atoms with Crippen molar-refractivity contribution in [3.8, 4) is 0 Å². The summed E-state index contributed by atoms with van der Waals surface area (Å²) in [5, 5.41) is 6.51. The summed E-state index contributed by atoms with van der Waals surface area (Å²) in [6.45, 7) is 5.43. The first kappa shape index (κ1) is 14.4. The quantitative estimate of drug-likeness (QED) is 0.750. The number of sulfonamides is 1. The van der Waals surface area contributed by atoms with E-state index in [1.54, 1.807) is 32.2 Å². The van der Waals surface area contributed by atoms with Crippen LogP contribution in [-0.2, 0) is 16.4 Å². The second-order valence-corrected chi connectivity index (χ2v) is 6.29. The first-order valence-electron chi connectivity index (χ1n) is 6.27. The third-order valence-electron chi connectivity index (χ3n) is 3.21. The van der Waals surface area contributed by atoms with Crippen LogP contribution in [-0.4, -0.2) is 18.6 Å². The van der Waals surface area contributed by atoms with E-state index in [0.717, 1.165) is 11.1 Å². The highest BCUT2D eigenvalue weighted by atomic mass is 32.2. The molecule has 1 aromatic carbocycles. The van der Waals surface area contributed by atoms with Crippen molar-refractivity contribution in [2.45, 2.75) is 32.1 Å². The molecule has 0 aliphatic heterocycles. The van der Waals surface area contributed by atoms with Crippen LogP contribution in [0.3, 0.4) is 0 Å². The molecule has 0 bridgehead atoms. The maximum Gasteiger partial charge on any atom is 0.265 e. The molecule has 1 heterocycles. The van der Waals surface area contributed by atoms with Gasteiger partial charge in [-0.25, -0.2) is 8.42 Å². The Morgan fingerprint density at radius 2 is 1.95 bits per heavy atom. The number of aromatic amines is 1. The van der Waals surface area contributed by atoms with E-state index < -0.39 is 10.0 Å². The van der Waals surface area contributed by atoms with Gasteiger partial charge in [0.1, 0.15) is 10.7 Å². The van der Waals surface area contributed by atoms with E-state index in [1.807, 2.05) is 6.92 Å². The van der Waals surface area contributed by atoms with Crippen molar-refractivity contribution in [2.24, 2.45) is 0 Å². The molecule has 2 rings (SSSR count). The highest BCUT2D eigenvalue weighted by Crippen LogP contribution is 2.28. The summed E-state index contributed by atoms with van der Waals surface area (Å²) in [6, 6.07) is 3.55. The first-order chi connectivity index (χ1) is 9.36. The average Bonchev–Trinajstić information content (AvgIpc) is 2.80. The molecule has 4 N–H and O–H groups in total. The van der Waals surface area contributed by atoms with Crippen molar-refractivity contribution in [3.05, 3.63) is 35.0 Å². The predicted octanol–water partition coefficient (Wildman–Crippen LogP) is 1.97. The molecule has 0 fully saturated rings. The number of aromatic nitrogens is 2. The molecular formula is C13H18N4O2S. The molecule has 0 amide bonds. The van der Waals surface area contributed by atoms with E-state index in [-0.39, 0.29) is 10.6 Å². The van der Waals surface area contributed by atoms with Gasteiger partial charge in [-0.1, -0.05) is 19.1 Å². The molecule has 0 radical (unpaired) electrons. The molecule has 1 aromatic heterocycles. The van der Waals surface area contributed by atoms with Crippen molar-refractivity contribution < 1.29 is 8.42 Å². The lowest BCUT2D eigenvalue weighted by atomic mass is 10.1. The summed E-state index contributed by atoms with van der Waals surface area (Å²) in [6.07, 6.45) is 2.28. The van der Waals surface area contributed by atoms with Gasteiger partial charge in [0.25, 0.3) is 10.0 Å². The fraction of sp³-hybridized carbons (Fsp3) is 0.308. The van der Waals surface area contributed by atoms with Gasteiger partial charge in [-0.15, -0.1) is 0 Å². The summed E-state index contributed by atoms with van der Waals surface area (Å²) in [5.41, 5.74) is 8.34. The Balaban J connectivity index is 2.49. The van der Waals surface area contributed by atoms with Crippen molar-refractivity contribution in [1.82, 2.24) is 10.2 Å². The van der Waals surface area contributed by atoms with Crippen LogP contribution in [0.25, 0.3) is 0 Å². The number of nitrogens with zero attached hydrogens (tertiary/aromatic N) is 1. The molecule has 0 atom stereocenters. The predicted molar refractivity (Wildman–Crippen MR) is 79.1 cm³/mol. The third-order valence-corrected chi connectivity index (χ3v) is 4.77. The Hall–Kier alpha value is -2.02. The van der Waals surface area contributed by atoms with E-state index in [0.29, 0.717) is 17.8 Å². The zero-order valence-corrected chi connectivity index (χ0v) is 12.5. The van der Waals surface area contributed by atoms with Gasteiger partial charge < -0.3 is 5.73 Å². The Morgan fingerprint density at radius 3 is 2.60 bits per heavy atom. The van der Waals surface area contributed by atoms with Crippen LogP contribution in [0, 0.1) is 13.8 Å². The number of hydrogen-bond donors (Lipinski definition) is 3. The normalized spacial score (nSPS) is 11.6. The Kier molecular flexibility index (Phi) is 3.71. The van der Waals surface area contributed by atoms with Gasteiger partial charge in [-0.3, -0.25) is 9.82 Å². The highest BCUT2D eigenvalue weighted by Gasteiger charge is 2.22. The lowest BCUT2D eigenvalue weighted by Gasteiger charge is -2.14. The smallest absolute Gasteiger partial charge is 0.265 e. The van der Waals surface area contributed by atoms with Gasteiger partial charge in [0.05, 0.1) is 11.9 Å². The fourth-order valence-electron chi connectivity index (χ4n) is 2.02. The summed E-state index contributed by atoms with van der Waals surface area (Å²) in [4.78, 5) is 0.120. The van der Waals surface area contributed by atoms with Crippen molar-refractivity contribution in [3.63, 3.8) is 0 Å². The molecule has 2 aromatic rings. The maximum atomic E-state index is 12.5. The molecule has 20 heavy (non-hydrogen) atoms. The number of anilines is 2. The van der Waals surface area contributed by atoms with E-state index in [1.165, 1.54) is 0 Å².